The van der Waals surface area contributed by atoms with Gasteiger partial charge in [-0.1, -0.05) is 47.3 Å². The van der Waals surface area contributed by atoms with Crippen LogP contribution in [0.2, 0.25) is 5.02 Å². The van der Waals surface area contributed by atoms with Crippen molar-refractivity contribution in [2.45, 2.75) is 45.6 Å². The standard InChI is InChI=1S/C29H29ClFN3O/c1-18-11-19(2)13-21(12-18)25-17-34-27-16-26(30)23(20-6-9-33-28(31)14-20)15-24(27)29(25)35-10-7-22-5-3-4-8-32-22/h6,9,11-17,22,32H,3-5,7-8,10H2,1-2H3. The second-order valence-electron chi connectivity index (χ2n) is 9.38. The van der Waals surface area contributed by atoms with Crippen molar-refractivity contribution < 1.29 is 9.13 Å². The first kappa shape index (κ1) is 23.7. The first-order valence-electron chi connectivity index (χ1n) is 12.2. The minimum Gasteiger partial charge on any atom is -0.492 e. The molecule has 0 spiro atoms. The Balaban J connectivity index is 1.61. The number of rotatable bonds is 6. The smallest absolute Gasteiger partial charge is 0.213 e. The van der Waals surface area contributed by atoms with Gasteiger partial charge in [-0.2, -0.15) is 4.39 Å². The van der Waals surface area contributed by atoms with Gasteiger partial charge in [0.25, 0.3) is 0 Å². The molecule has 1 unspecified atom stereocenters. The Bertz CT molecular complexity index is 1350. The molecule has 0 amide bonds. The van der Waals surface area contributed by atoms with Crippen molar-refractivity contribution in [3.8, 4) is 28.0 Å². The molecule has 180 valence electrons. The first-order chi connectivity index (χ1) is 17.0. The molecule has 1 aliphatic rings. The number of aryl methyl sites for hydroxylation is 2. The van der Waals surface area contributed by atoms with Crippen LogP contribution in [0.1, 0.15) is 36.8 Å². The van der Waals surface area contributed by atoms with Gasteiger partial charge in [0.15, 0.2) is 0 Å². The molecule has 1 fully saturated rings. The van der Waals surface area contributed by atoms with Gasteiger partial charge in [-0.3, -0.25) is 4.98 Å². The summed E-state index contributed by atoms with van der Waals surface area (Å²) < 4.78 is 20.4. The molecule has 4 aromatic rings. The fraction of sp³-hybridized carbons (Fsp3) is 0.310. The van der Waals surface area contributed by atoms with E-state index in [4.69, 9.17) is 21.3 Å². The highest BCUT2D eigenvalue weighted by molar-refractivity contribution is 6.34. The van der Waals surface area contributed by atoms with E-state index in [0.29, 0.717) is 23.2 Å². The van der Waals surface area contributed by atoms with Crippen molar-refractivity contribution in [1.29, 1.82) is 0 Å². The van der Waals surface area contributed by atoms with Gasteiger partial charge >= 0.3 is 0 Å². The number of piperidine rings is 1. The highest BCUT2D eigenvalue weighted by Crippen LogP contribution is 2.40. The van der Waals surface area contributed by atoms with Crippen molar-refractivity contribution in [3.05, 3.63) is 77.0 Å². The van der Waals surface area contributed by atoms with Gasteiger partial charge in [0.2, 0.25) is 5.95 Å². The lowest BCUT2D eigenvalue weighted by Crippen LogP contribution is -2.35. The van der Waals surface area contributed by atoms with Gasteiger partial charge in [-0.25, -0.2) is 4.98 Å². The minimum atomic E-state index is -0.544. The summed E-state index contributed by atoms with van der Waals surface area (Å²) in [7, 11) is 0. The molecule has 0 radical (unpaired) electrons. The van der Waals surface area contributed by atoms with E-state index < -0.39 is 5.95 Å². The average Bonchev–Trinajstić information content (AvgIpc) is 2.83. The fourth-order valence-corrected chi connectivity index (χ4v) is 5.21. The van der Waals surface area contributed by atoms with Crippen LogP contribution in [0, 0.1) is 19.8 Å². The number of hydrogen-bond acceptors (Lipinski definition) is 4. The third-order valence-corrected chi connectivity index (χ3v) is 6.92. The van der Waals surface area contributed by atoms with E-state index in [2.05, 4.69) is 42.3 Å². The lowest BCUT2D eigenvalue weighted by molar-refractivity contribution is 0.271. The summed E-state index contributed by atoms with van der Waals surface area (Å²) >= 11 is 6.61. The molecule has 5 rings (SSSR count). The summed E-state index contributed by atoms with van der Waals surface area (Å²) in [6.07, 6.45) is 7.93. The summed E-state index contributed by atoms with van der Waals surface area (Å²) in [6, 6.07) is 13.9. The van der Waals surface area contributed by atoms with Crippen LogP contribution in [0.5, 0.6) is 5.75 Å². The molecule has 0 bridgehead atoms. The summed E-state index contributed by atoms with van der Waals surface area (Å²) in [5.74, 6) is 0.237. The Hall–Kier alpha value is -3.02. The number of pyridine rings is 2. The van der Waals surface area contributed by atoms with E-state index in [1.54, 1.807) is 6.07 Å². The number of aromatic nitrogens is 2. The Morgan fingerprint density at radius 3 is 2.57 bits per heavy atom. The van der Waals surface area contributed by atoms with Crippen molar-refractivity contribution in [1.82, 2.24) is 15.3 Å². The van der Waals surface area contributed by atoms with E-state index in [9.17, 15) is 4.39 Å². The minimum absolute atomic E-state index is 0.478. The molecule has 6 heteroatoms. The summed E-state index contributed by atoms with van der Waals surface area (Å²) in [5, 5.41) is 4.96. The predicted molar refractivity (Wildman–Crippen MR) is 141 cm³/mol. The van der Waals surface area contributed by atoms with Crippen LogP contribution in [0.25, 0.3) is 33.2 Å². The molecular weight excluding hydrogens is 461 g/mol. The third-order valence-electron chi connectivity index (χ3n) is 6.60. The Morgan fingerprint density at radius 2 is 1.83 bits per heavy atom. The SMILES string of the molecule is Cc1cc(C)cc(-c2cnc3cc(Cl)c(-c4ccnc(F)c4)cc3c2OCCC2CCCCN2)c1. The number of halogens is 2. The number of ether oxygens (including phenoxy) is 1. The topological polar surface area (TPSA) is 47.0 Å². The lowest BCUT2D eigenvalue weighted by atomic mass is 9.97. The monoisotopic (exact) mass is 489 g/mol. The maximum atomic E-state index is 13.9. The van der Waals surface area contributed by atoms with E-state index in [1.807, 2.05) is 18.3 Å². The number of hydrogen-bond donors (Lipinski definition) is 1. The summed E-state index contributed by atoms with van der Waals surface area (Å²) in [5.41, 5.74) is 6.50. The van der Waals surface area contributed by atoms with Gasteiger partial charge in [0.1, 0.15) is 5.75 Å². The average molecular weight is 490 g/mol. The van der Waals surface area contributed by atoms with Crippen LogP contribution < -0.4 is 10.1 Å². The number of fused-ring (bicyclic) bond motifs is 1. The molecule has 2 aromatic carbocycles. The third kappa shape index (κ3) is 5.31. The Morgan fingerprint density at radius 1 is 1.00 bits per heavy atom. The number of nitrogens with one attached hydrogen (secondary N) is 1. The van der Waals surface area contributed by atoms with Crippen molar-refractivity contribution in [2.75, 3.05) is 13.2 Å². The molecule has 3 heterocycles. The van der Waals surface area contributed by atoms with Crippen LogP contribution in [-0.4, -0.2) is 29.2 Å². The zero-order valence-electron chi connectivity index (χ0n) is 20.1. The van der Waals surface area contributed by atoms with Gasteiger partial charge in [0.05, 0.1) is 17.1 Å². The molecule has 1 aliphatic heterocycles. The zero-order valence-corrected chi connectivity index (χ0v) is 20.8. The maximum absolute atomic E-state index is 13.9. The molecule has 0 aliphatic carbocycles. The second-order valence-corrected chi connectivity index (χ2v) is 9.78. The van der Waals surface area contributed by atoms with Crippen LogP contribution in [0.4, 0.5) is 4.39 Å². The molecule has 4 nitrogen and oxygen atoms in total. The molecule has 35 heavy (non-hydrogen) atoms. The second kappa shape index (κ2) is 10.3. The summed E-state index contributed by atoms with van der Waals surface area (Å²) in [6.45, 7) is 5.85. The number of nitrogens with zero attached hydrogens (tertiary/aromatic N) is 2. The molecule has 1 atom stereocenters. The normalized spacial score (nSPS) is 15.9. The number of benzene rings is 2. The first-order valence-corrected chi connectivity index (χ1v) is 12.5. The van der Waals surface area contributed by atoms with Crippen LogP contribution in [0.15, 0.2) is 54.9 Å². The van der Waals surface area contributed by atoms with Crippen molar-refractivity contribution in [2.24, 2.45) is 0 Å². The van der Waals surface area contributed by atoms with Crippen LogP contribution >= 0.6 is 11.6 Å². The Kier molecular flexibility index (Phi) is 6.98. The maximum Gasteiger partial charge on any atom is 0.213 e. The van der Waals surface area contributed by atoms with E-state index >= 15 is 0 Å². The van der Waals surface area contributed by atoms with Gasteiger partial charge < -0.3 is 10.1 Å². The predicted octanol–water partition coefficient (Wildman–Crippen LogP) is 7.28. The molecule has 2 aromatic heterocycles. The molecule has 1 N–H and O–H groups in total. The summed E-state index contributed by atoms with van der Waals surface area (Å²) in [4.78, 5) is 8.40. The largest absolute Gasteiger partial charge is 0.492 e. The van der Waals surface area contributed by atoms with E-state index in [0.717, 1.165) is 46.3 Å². The highest BCUT2D eigenvalue weighted by atomic mass is 35.5. The van der Waals surface area contributed by atoms with E-state index in [-0.39, 0.29) is 0 Å². The lowest BCUT2D eigenvalue weighted by Gasteiger charge is -2.24. The van der Waals surface area contributed by atoms with Crippen molar-refractivity contribution >= 4 is 22.5 Å². The quantitative estimate of drug-likeness (QED) is 0.289. The molecule has 1 saturated heterocycles. The highest BCUT2D eigenvalue weighted by Gasteiger charge is 2.18. The van der Waals surface area contributed by atoms with Gasteiger partial charge in [0, 0.05) is 41.0 Å². The van der Waals surface area contributed by atoms with Crippen molar-refractivity contribution in [3.63, 3.8) is 0 Å². The van der Waals surface area contributed by atoms with Gasteiger partial charge in [-0.15, -0.1) is 0 Å². The van der Waals surface area contributed by atoms with Crippen LogP contribution in [-0.2, 0) is 0 Å². The van der Waals surface area contributed by atoms with Gasteiger partial charge in [-0.05, 0) is 69.0 Å². The van der Waals surface area contributed by atoms with Crippen LogP contribution in [0.3, 0.4) is 0 Å². The fourth-order valence-electron chi connectivity index (χ4n) is 4.95. The Labute approximate surface area is 210 Å². The van der Waals surface area contributed by atoms with E-state index in [1.165, 1.54) is 42.7 Å². The molecule has 0 saturated carbocycles. The zero-order chi connectivity index (χ0) is 24.4. The molecular formula is C29H29ClFN3O.